The zero-order chi connectivity index (χ0) is 23.2. The highest BCUT2D eigenvalue weighted by Crippen LogP contribution is 2.26. The Labute approximate surface area is 193 Å². The second-order valence-corrected chi connectivity index (χ2v) is 8.96. The molecule has 1 atom stereocenters. The number of hydrogen-bond acceptors (Lipinski definition) is 4. The van der Waals surface area contributed by atoms with Crippen LogP contribution in [-0.2, 0) is 16.1 Å². The highest BCUT2D eigenvalue weighted by atomic mass is 35.5. The summed E-state index contributed by atoms with van der Waals surface area (Å²) in [5.74, 6) is 0.312. The molecule has 2 amide bonds. The summed E-state index contributed by atoms with van der Waals surface area (Å²) in [6, 6.07) is 11.3. The van der Waals surface area contributed by atoms with Crippen LogP contribution in [0.5, 0.6) is 11.5 Å². The van der Waals surface area contributed by atoms with Crippen LogP contribution in [0.4, 0.5) is 0 Å². The first-order chi connectivity index (χ1) is 14.5. The van der Waals surface area contributed by atoms with Gasteiger partial charge in [0.2, 0.25) is 5.91 Å². The van der Waals surface area contributed by atoms with E-state index in [9.17, 15) is 9.59 Å². The summed E-state index contributed by atoms with van der Waals surface area (Å²) in [7, 11) is 1.53. The summed E-state index contributed by atoms with van der Waals surface area (Å²) in [6.45, 7) is 7.17. The lowest BCUT2D eigenvalue weighted by Crippen LogP contribution is -2.53. The monoisotopic (exact) mass is 466 g/mol. The van der Waals surface area contributed by atoms with Crippen molar-refractivity contribution in [3.63, 3.8) is 0 Å². The number of nitrogens with one attached hydrogen (secondary N) is 1. The Bertz CT molecular complexity index is 928. The van der Waals surface area contributed by atoms with Gasteiger partial charge in [0, 0.05) is 22.1 Å². The van der Waals surface area contributed by atoms with E-state index in [1.807, 2.05) is 20.8 Å². The van der Waals surface area contributed by atoms with Crippen molar-refractivity contribution < 1.29 is 19.1 Å². The lowest BCUT2D eigenvalue weighted by molar-refractivity contribution is -0.142. The summed E-state index contributed by atoms with van der Waals surface area (Å²) >= 11 is 12.3. The number of nitrogens with zero attached hydrogens (tertiary/aromatic N) is 1. The molecule has 6 nitrogen and oxygen atoms in total. The van der Waals surface area contributed by atoms with Crippen molar-refractivity contribution in [3.05, 3.63) is 58.1 Å². The van der Waals surface area contributed by atoms with Gasteiger partial charge in [-0.05, 0) is 57.5 Å². The lowest BCUT2D eigenvalue weighted by atomic mass is 10.1. The number of rotatable bonds is 8. The molecule has 0 saturated heterocycles. The Hall–Kier alpha value is -2.44. The first kappa shape index (κ1) is 24.8. The second kappa shape index (κ2) is 10.7. The molecule has 0 spiro atoms. The standard InChI is InChI=1S/C23H28Cl2N2O4/c1-15(22(29)26-23(2,3)4)27(13-16-10-11-17(24)12-18(16)25)21(28)14-31-20-9-7-6-8-19(20)30-5/h6-12,15H,13-14H2,1-5H3,(H,26,29)/t15-/m1/s1. The van der Waals surface area contributed by atoms with Crippen molar-refractivity contribution in [2.24, 2.45) is 0 Å². The molecule has 0 saturated carbocycles. The molecule has 0 unspecified atom stereocenters. The van der Waals surface area contributed by atoms with Gasteiger partial charge in [0.25, 0.3) is 5.91 Å². The third-order valence-corrected chi connectivity index (χ3v) is 5.03. The van der Waals surface area contributed by atoms with E-state index in [2.05, 4.69) is 5.32 Å². The summed E-state index contributed by atoms with van der Waals surface area (Å²) < 4.78 is 10.9. The number of carbonyl (C=O) groups is 2. The number of methoxy groups -OCH3 is 1. The minimum absolute atomic E-state index is 0.128. The number of benzene rings is 2. The maximum atomic E-state index is 13.1. The lowest BCUT2D eigenvalue weighted by Gasteiger charge is -2.31. The van der Waals surface area contributed by atoms with Crippen LogP contribution >= 0.6 is 23.2 Å². The van der Waals surface area contributed by atoms with Gasteiger partial charge in [-0.2, -0.15) is 0 Å². The van der Waals surface area contributed by atoms with Crippen LogP contribution in [0.3, 0.4) is 0 Å². The molecule has 2 rings (SSSR count). The van der Waals surface area contributed by atoms with Crippen molar-refractivity contribution in [2.75, 3.05) is 13.7 Å². The Morgan fingerprint density at radius 1 is 1.10 bits per heavy atom. The van der Waals surface area contributed by atoms with Gasteiger partial charge in [-0.25, -0.2) is 0 Å². The Balaban J connectivity index is 2.24. The number of hydrogen-bond donors (Lipinski definition) is 1. The van der Waals surface area contributed by atoms with Crippen molar-refractivity contribution in [3.8, 4) is 11.5 Å². The third-order valence-electron chi connectivity index (χ3n) is 4.44. The molecule has 0 bridgehead atoms. The van der Waals surface area contributed by atoms with Gasteiger partial charge >= 0.3 is 0 Å². The van der Waals surface area contributed by atoms with E-state index in [0.29, 0.717) is 27.1 Å². The zero-order valence-electron chi connectivity index (χ0n) is 18.4. The van der Waals surface area contributed by atoms with Crippen LogP contribution in [0.15, 0.2) is 42.5 Å². The number of amides is 2. The molecule has 2 aromatic rings. The summed E-state index contributed by atoms with van der Waals surface area (Å²) in [5.41, 5.74) is 0.235. The highest BCUT2D eigenvalue weighted by molar-refractivity contribution is 6.35. The van der Waals surface area contributed by atoms with Crippen LogP contribution in [0.25, 0.3) is 0 Å². The molecule has 0 aromatic heterocycles. The molecule has 0 heterocycles. The first-order valence-corrected chi connectivity index (χ1v) is 10.6. The predicted molar refractivity (Wildman–Crippen MR) is 123 cm³/mol. The van der Waals surface area contributed by atoms with E-state index in [-0.39, 0.29) is 25.0 Å². The van der Waals surface area contributed by atoms with E-state index < -0.39 is 11.6 Å². The smallest absolute Gasteiger partial charge is 0.261 e. The largest absolute Gasteiger partial charge is 0.493 e. The van der Waals surface area contributed by atoms with Crippen LogP contribution in [0.2, 0.25) is 10.0 Å². The maximum Gasteiger partial charge on any atom is 0.261 e. The normalized spacial score (nSPS) is 12.1. The number of para-hydroxylation sites is 2. The van der Waals surface area contributed by atoms with E-state index in [4.69, 9.17) is 32.7 Å². The summed E-state index contributed by atoms with van der Waals surface area (Å²) in [6.07, 6.45) is 0. The van der Waals surface area contributed by atoms with Crippen molar-refractivity contribution in [1.29, 1.82) is 0 Å². The number of ether oxygens (including phenoxy) is 2. The molecule has 0 aliphatic rings. The fraction of sp³-hybridized carbons (Fsp3) is 0.391. The number of halogens is 2. The molecule has 0 fully saturated rings. The molecule has 0 aliphatic carbocycles. The fourth-order valence-electron chi connectivity index (χ4n) is 2.85. The number of carbonyl (C=O) groups excluding carboxylic acids is 2. The summed E-state index contributed by atoms with van der Waals surface area (Å²) in [5, 5.41) is 3.81. The molecule has 8 heteroatoms. The minimum Gasteiger partial charge on any atom is -0.493 e. The van der Waals surface area contributed by atoms with Crippen LogP contribution in [0, 0.1) is 0 Å². The molecule has 0 aliphatic heterocycles. The van der Waals surface area contributed by atoms with Gasteiger partial charge < -0.3 is 19.7 Å². The molecular weight excluding hydrogens is 439 g/mol. The maximum absolute atomic E-state index is 13.1. The van der Waals surface area contributed by atoms with E-state index in [0.717, 1.165) is 0 Å². The quantitative estimate of drug-likeness (QED) is 0.611. The van der Waals surface area contributed by atoms with Crippen molar-refractivity contribution in [2.45, 2.75) is 45.8 Å². The van der Waals surface area contributed by atoms with Gasteiger partial charge in [0.05, 0.1) is 7.11 Å². The molecule has 2 aromatic carbocycles. The highest BCUT2D eigenvalue weighted by Gasteiger charge is 2.29. The average Bonchev–Trinajstić information content (AvgIpc) is 2.70. The molecular formula is C23H28Cl2N2O4. The van der Waals surface area contributed by atoms with E-state index in [1.165, 1.54) is 12.0 Å². The molecule has 0 radical (unpaired) electrons. The van der Waals surface area contributed by atoms with Gasteiger partial charge in [0.15, 0.2) is 18.1 Å². The van der Waals surface area contributed by atoms with Crippen LogP contribution in [-0.4, -0.2) is 42.0 Å². The average molecular weight is 467 g/mol. The van der Waals surface area contributed by atoms with Crippen LogP contribution in [0.1, 0.15) is 33.3 Å². The Kier molecular flexibility index (Phi) is 8.60. The fourth-order valence-corrected chi connectivity index (χ4v) is 3.32. The van der Waals surface area contributed by atoms with Crippen molar-refractivity contribution >= 4 is 35.0 Å². The third kappa shape index (κ3) is 7.33. The van der Waals surface area contributed by atoms with Gasteiger partial charge in [-0.1, -0.05) is 41.4 Å². The zero-order valence-corrected chi connectivity index (χ0v) is 19.9. The van der Waals surface area contributed by atoms with Crippen molar-refractivity contribution in [1.82, 2.24) is 10.2 Å². The summed E-state index contributed by atoms with van der Waals surface area (Å²) in [4.78, 5) is 27.3. The minimum atomic E-state index is -0.750. The van der Waals surface area contributed by atoms with Gasteiger partial charge in [-0.15, -0.1) is 0 Å². The van der Waals surface area contributed by atoms with Crippen LogP contribution < -0.4 is 14.8 Å². The second-order valence-electron chi connectivity index (χ2n) is 8.11. The predicted octanol–water partition coefficient (Wildman–Crippen LogP) is 4.71. The Morgan fingerprint density at radius 3 is 2.32 bits per heavy atom. The molecule has 1 N–H and O–H groups in total. The van der Waals surface area contributed by atoms with E-state index in [1.54, 1.807) is 49.4 Å². The van der Waals surface area contributed by atoms with Gasteiger partial charge in [0.1, 0.15) is 6.04 Å². The molecule has 31 heavy (non-hydrogen) atoms. The topological polar surface area (TPSA) is 67.9 Å². The van der Waals surface area contributed by atoms with Gasteiger partial charge in [-0.3, -0.25) is 9.59 Å². The Morgan fingerprint density at radius 2 is 1.74 bits per heavy atom. The SMILES string of the molecule is COc1ccccc1OCC(=O)N(Cc1ccc(Cl)cc1Cl)[C@H](C)C(=O)NC(C)(C)C. The van der Waals surface area contributed by atoms with E-state index >= 15 is 0 Å². The first-order valence-electron chi connectivity index (χ1n) is 9.83. The molecule has 168 valence electrons.